The largest absolute Gasteiger partial charge is 0.379 e. The Kier molecular flexibility index (Phi) is 6.42. The Morgan fingerprint density at radius 1 is 1.23 bits per heavy atom. The molecule has 0 bridgehead atoms. The molecule has 0 saturated carbocycles. The summed E-state index contributed by atoms with van der Waals surface area (Å²) >= 11 is 1.22. The van der Waals surface area contributed by atoms with Crippen molar-refractivity contribution in [3.05, 3.63) is 46.6 Å². The molecule has 1 fully saturated rings. The molecule has 3 rings (SSSR count). The van der Waals surface area contributed by atoms with Gasteiger partial charge in [0.15, 0.2) is 4.21 Å². The minimum atomic E-state index is -3.61. The average Bonchev–Trinajstić information content (AvgIpc) is 2.99. The van der Waals surface area contributed by atoms with Gasteiger partial charge in [-0.05, 0) is 25.8 Å². The van der Waals surface area contributed by atoms with Crippen LogP contribution in [-0.4, -0.2) is 51.1 Å². The van der Waals surface area contributed by atoms with E-state index in [1.165, 1.54) is 11.3 Å². The lowest BCUT2D eigenvalue weighted by molar-refractivity contribution is 0.0364. The van der Waals surface area contributed by atoms with Crippen LogP contribution in [0.3, 0.4) is 0 Å². The molecular formula is C18H25N3O3S2. The highest BCUT2D eigenvalue weighted by molar-refractivity contribution is 7.91. The monoisotopic (exact) mass is 395 g/mol. The highest BCUT2D eigenvalue weighted by atomic mass is 32.2. The molecule has 0 radical (unpaired) electrons. The minimum Gasteiger partial charge on any atom is -0.379 e. The second-order valence-electron chi connectivity index (χ2n) is 6.43. The molecule has 8 heteroatoms. The summed E-state index contributed by atoms with van der Waals surface area (Å²) in [6.07, 6.45) is 0.708. The van der Waals surface area contributed by atoms with Crippen LogP contribution in [0.4, 0.5) is 0 Å². The van der Waals surface area contributed by atoms with Crippen molar-refractivity contribution >= 4 is 21.4 Å². The Morgan fingerprint density at radius 2 is 1.92 bits per heavy atom. The third-order valence-electron chi connectivity index (χ3n) is 4.44. The molecule has 26 heavy (non-hydrogen) atoms. The highest BCUT2D eigenvalue weighted by Gasteiger charge is 2.26. The van der Waals surface area contributed by atoms with Gasteiger partial charge < -0.3 is 4.74 Å². The fourth-order valence-electron chi connectivity index (χ4n) is 3.12. The molecule has 1 aliphatic rings. The number of hydrogen-bond acceptors (Lipinski definition) is 6. The maximum Gasteiger partial charge on any atom is 0.252 e. The lowest BCUT2D eigenvalue weighted by Crippen LogP contribution is -2.39. The molecule has 1 aromatic heterocycles. The van der Waals surface area contributed by atoms with Crippen LogP contribution in [0.15, 0.2) is 34.5 Å². The summed E-state index contributed by atoms with van der Waals surface area (Å²) in [7, 11) is -3.61. The molecule has 1 aromatic carbocycles. The van der Waals surface area contributed by atoms with E-state index in [1.807, 2.05) is 37.3 Å². The van der Waals surface area contributed by atoms with E-state index in [-0.39, 0.29) is 6.04 Å². The Morgan fingerprint density at radius 3 is 2.54 bits per heavy atom. The number of hydrogen-bond donors (Lipinski definition) is 1. The lowest BCUT2D eigenvalue weighted by atomic mass is 10.0. The molecule has 0 spiro atoms. The normalized spacial score (nSPS) is 17.3. The van der Waals surface area contributed by atoms with Crippen molar-refractivity contribution in [2.75, 3.05) is 32.8 Å². The standard InChI is InChI=1S/C18H25N3O3S2/c1-14-18(25-15(2)19-14)26(22,23)20-17(16-6-4-3-5-7-16)8-9-21-10-12-24-13-11-21/h3-7,17,20H,8-13H2,1-2H3/t17-/m1/s1. The van der Waals surface area contributed by atoms with Crippen LogP contribution in [0.1, 0.15) is 28.7 Å². The molecule has 142 valence electrons. The van der Waals surface area contributed by atoms with E-state index in [4.69, 9.17) is 4.74 Å². The summed E-state index contributed by atoms with van der Waals surface area (Å²) in [4.78, 5) is 6.57. The van der Waals surface area contributed by atoms with Crippen molar-refractivity contribution in [1.82, 2.24) is 14.6 Å². The molecule has 0 unspecified atom stereocenters. The molecule has 1 atom stereocenters. The molecule has 0 aliphatic carbocycles. The van der Waals surface area contributed by atoms with E-state index in [0.29, 0.717) is 16.3 Å². The maximum atomic E-state index is 12.9. The number of benzene rings is 1. The zero-order chi connectivity index (χ0) is 18.6. The van der Waals surface area contributed by atoms with Crippen LogP contribution in [-0.2, 0) is 14.8 Å². The van der Waals surface area contributed by atoms with Gasteiger partial charge in [-0.25, -0.2) is 18.1 Å². The van der Waals surface area contributed by atoms with Gasteiger partial charge in [0.2, 0.25) is 0 Å². The van der Waals surface area contributed by atoms with Gasteiger partial charge in [-0.3, -0.25) is 4.90 Å². The minimum absolute atomic E-state index is 0.272. The number of aryl methyl sites for hydroxylation is 2. The van der Waals surface area contributed by atoms with Crippen LogP contribution in [0.2, 0.25) is 0 Å². The van der Waals surface area contributed by atoms with Crippen molar-refractivity contribution < 1.29 is 13.2 Å². The molecule has 1 aliphatic heterocycles. The van der Waals surface area contributed by atoms with Gasteiger partial charge in [0.25, 0.3) is 10.0 Å². The number of sulfonamides is 1. The lowest BCUT2D eigenvalue weighted by Gasteiger charge is -2.28. The number of nitrogens with one attached hydrogen (secondary N) is 1. The number of ether oxygens (including phenoxy) is 1. The fraction of sp³-hybridized carbons (Fsp3) is 0.500. The SMILES string of the molecule is Cc1nc(C)c(S(=O)(=O)N[C@H](CCN2CCOCC2)c2ccccc2)s1. The van der Waals surface area contributed by atoms with Crippen LogP contribution in [0.25, 0.3) is 0 Å². The number of nitrogens with zero attached hydrogens (tertiary/aromatic N) is 2. The van der Waals surface area contributed by atoms with Crippen LogP contribution >= 0.6 is 11.3 Å². The summed E-state index contributed by atoms with van der Waals surface area (Å²) < 4.78 is 34.5. The topological polar surface area (TPSA) is 71.5 Å². The number of aromatic nitrogens is 1. The third-order valence-corrected chi connectivity index (χ3v) is 7.60. The molecule has 1 saturated heterocycles. The summed E-state index contributed by atoms with van der Waals surface area (Å²) in [5, 5.41) is 0.757. The first kappa shape index (κ1) is 19.4. The molecule has 2 heterocycles. The second kappa shape index (κ2) is 8.58. The van der Waals surface area contributed by atoms with E-state index >= 15 is 0 Å². The molecule has 2 aromatic rings. The van der Waals surface area contributed by atoms with Crippen molar-refractivity contribution in [2.45, 2.75) is 30.5 Å². The van der Waals surface area contributed by atoms with E-state index in [2.05, 4.69) is 14.6 Å². The molecule has 0 amide bonds. The second-order valence-corrected chi connectivity index (χ2v) is 9.55. The molecular weight excluding hydrogens is 370 g/mol. The van der Waals surface area contributed by atoms with Gasteiger partial charge in [-0.1, -0.05) is 30.3 Å². The summed E-state index contributed by atoms with van der Waals surface area (Å²) in [5.74, 6) is 0. The van der Waals surface area contributed by atoms with Gasteiger partial charge in [0, 0.05) is 25.7 Å². The van der Waals surface area contributed by atoms with E-state index in [9.17, 15) is 8.42 Å². The number of morpholine rings is 1. The van der Waals surface area contributed by atoms with Gasteiger partial charge in [0.05, 0.1) is 23.9 Å². The van der Waals surface area contributed by atoms with Gasteiger partial charge in [-0.2, -0.15) is 0 Å². The van der Waals surface area contributed by atoms with Crippen LogP contribution < -0.4 is 4.72 Å². The van der Waals surface area contributed by atoms with Gasteiger partial charge in [0.1, 0.15) is 0 Å². The van der Waals surface area contributed by atoms with Gasteiger partial charge in [-0.15, -0.1) is 11.3 Å². The summed E-state index contributed by atoms with van der Waals surface area (Å²) in [6, 6.07) is 9.48. The van der Waals surface area contributed by atoms with Crippen molar-refractivity contribution in [1.29, 1.82) is 0 Å². The quantitative estimate of drug-likeness (QED) is 0.780. The Balaban J connectivity index is 1.77. The molecule has 1 N–H and O–H groups in total. The van der Waals surface area contributed by atoms with Gasteiger partial charge >= 0.3 is 0 Å². The zero-order valence-corrected chi connectivity index (χ0v) is 16.8. The number of rotatable bonds is 7. The van der Waals surface area contributed by atoms with Crippen molar-refractivity contribution in [3.8, 4) is 0 Å². The fourth-order valence-corrected chi connectivity index (χ4v) is 5.88. The smallest absolute Gasteiger partial charge is 0.252 e. The average molecular weight is 396 g/mol. The summed E-state index contributed by atoms with van der Waals surface area (Å²) in [6.45, 7) is 7.64. The first-order valence-corrected chi connectivity index (χ1v) is 11.1. The Bertz CT molecular complexity index is 815. The predicted molar refractivity (Wildman–Crippen MR) is 103 cm³/mol. The highest BCUT2D eigenvalue weighted by Crippen LogP contribution is 2.26. The maximum absolute atomic E-state index is 12.9. The van der Waals surface area contributed by atoms with Crippen LogP contribution in [0.5, 0.6) is 0 Å². The van der Waals surface area contributed by atoms with E-state index < -0.39 is 10.0 Å². The predicted octanol–water partition coefficient (Wildman–Crippen LogP) is 2.50. The molecule has 6 nitrogen and oxygen atoms in total. The first-order chi connectivity index (χ1) is 12.5. The van der Waals surface area contributed by atoms with E-state index in [1.54, 1.807) is 6.92 Å². The van der Waals surface area contributed by atoms with Crippen LogP contribution in [0, 0.1) is 13.8 Å². The Labute approximate surface area is 159 Å². The third kappa shape index (κ3) is 4.89. The Hall–Kier alpha value is -1.32. The number of thiazole rings is 1. The first-order valence-electron chi connectivity index (χ1n) is 8.77. The zero-order valence-electron chi connectivity index (χ0n) is 15.1. The van der Waals surface area contributed by atoms with E-state index in [0.717, 1.165) is 43.4 Å². The van der Waals surface area contributed by atoms with Crippen molar-refractivity contribution in [2.24, 2.45) is 0 Å². The summed E-state index contributed by atoms with van der Waals surface area (Å²) in [5.41, 5.74) is 1.53. The van der Waals surface area contributed by atoms with Crippen molar-refractivity contribution in [3.63, 3.8) is 0 Å².